The molecule has 0 bridgehead atoms. The SMILES string of the molecule is CC(C)=CCCc1ccc2c(O)c3cc(CCCC(C)CCCC(C)C)ccc3c(O)c2c1. The van der Waals surface area contributed by atoms with Gasteiger partial charge in [-0.25, -0.2) is 0 Å². The maximum atomic E-state index is 11.0. The first kappa shape index (κ1) is 25.1. The zero-order chi connectivity index (χ0) is 24.0. The Bertz CT molecular complexity index is 1100. The highest BCUT2D eigenvalue weighted by Crippen LogP contribution is 2.42. The molecule has 3 rings (SSSR count). The largest absolute Gasteiger partial charge is 0.507 e. The highest BCUT2D eigenvalue weighted by molar-refractivity contribution is 6.10. The number of allylic oxidation sites excluding steroid dienone is 2. The first-order valence-electron chi connectivity index (χ1n) is 12.8. The minimum atomic E-state index is 0.271. The lowest BCUT2D eigenvalue weighted by Gasteiger charge is -2.14. The Hall–Kier alpha value is -2.48. The minimum Gasteiger partial charge on any atom is -0.507 e. The standard InChI is InChI=1S/C31H42O2/c1-21(2)9-6-11-23(5)12-8-14-25-16-18-27-29(20-25)31(33)26-17-15-24(13-7-10-22(3)4)19-28(26)30(27)32/h10,15-21,23,32-33H,6-9,11-14H2,1-5H3. The summed E-state index contributed by atoms with van der Waals surface area (Å²) in [6.45, 7) is 11.2. The molecule has 0 radical (unpaired) electrons. The summed E-state index contributed by atoms with van der Waals surface area (Å²) in [6, 6.07) is 12.2. The van der Waals surface area contributed by atoms with Crippen molar-refractivity contribution in [2.24, 2.45) is 11.8 Å². The van der Waals surface area contributed by atoms with Gasteiger partial charge in [-0.15, -0.1) is 0 Å². The van der Waals surface area contributed by atoms with Gasteiger partial charge in [-0.2, -0.15) is 0 Å². The van der Waals surface area contributed by atoms with Crippen LogP contribution in [0.15, 0.2) is 48.0 Å². The molecule has 0 amide bonds. The monoisotopic (exact) mass is 446 g/mol. The zero-order valence-corrected chi connectivity index (χ0v) is 21.2. The molecule has 0 heterocycles. The molecule has 3 aromatic rings. The average molecular weight is 447 g/mol. The zero-order valence-electron chi connectivity index (χ0n) is 21.2. The second-order valence-electron chi connectivity index (χ2n) is 10.6. The highest BCUT2D eigenvalue weighted by Gasteiger charge is 2.14. The van der Waals surface area contributed by atoms with Crippen LogP contribution in [0.1, 0.15) is 84.3 Å². The molecule has 33 heavy (non-hydrogen) atoms. The number of phenolic OH excluding ortho intramolecular Hbond substituents is 2. The molecule has 0 aliphatic carbocycles. The first-order valence-corrected chi connectivity index (χ1v) is 12.8. The summed E-state index contributed by atoms with van der Waals surface area (Å²) in [4.78, 5) is 0. The third-order valence-corrected chi connectivity index (χ3v) is 6.81. The van der Waals surface area contributed by atoms with E-state index < -0.39 is 0 Å². The fourth-order valence-electron chi connectivity index (χ4n) is 4.79. The van der Waals surface area contributed by atoms with Crippen molar-refractivity contribution < 1.29 is 10.2 Å². The van der Waals surface area contributed by atoms with E-state index in [0.717, 1.165) is 59.1 Å². The Morgan fingerprint density at radius 1 is 0.727 bits per heavy atom. The van der Waals surface area contributed by atoms with Crippen LogP contribution in [0, 0.1) is 11.8 Å². The van der Waals surface area contributed by atoms with Crippen LogP contribution >= 0.6 is 0 Å². The van der Waals surface area contributed by atoms with E-state index in [1.807, 2.05) is 18.2 Å². The molecule has 1 unspecified atom stereocenters. The number of aryl methyl sites for hydroxylation is 2. The van der Waals surface area contributed by atoms with Gasteiger partial charge in [-0.3, -0.25) is 0 Å². The number of phenols is 2. The number of benzene rings is 3. The van der Waals surface area contributed by atoms with E-state index in [9.17, 15) is 10.2 Å². The smallest absolute Gasteiger partial charge is 0.131 e. The predicted molar refractivity (Wildman–Crippen MR) is 143 cm³/mol. The molecule has 0 saturated carbocycles. The fraction of sp³-hybridized carbons (Fsp3) is 0.484. The number of aromatic hydroxyl groups is 2. The van der Waals surface area contributed by atoms with E-state index in [-0.39, 0.29) is 11.5 Å². The molecular formula is C31H42O2. The second-order valence-corrected chi connectivity index (χ2v) is 10.6. The van der Waals surface area contributed by atoms with Crippen molar-refractivity contribution in [1.82, 2.24) is 0 Å². The molecule has 3 aromatic carbocycles. The average Bonchev–Trinajstić information content (AvgIpc) is 2.77. The van der Waals surface area contributed by atoms with Crippen LogP contribution in [0.2, 0.25) is 0 Å². The van der Waals surface area contributed by atoms with Crippen LogP contribution in [-0.2, 0) is 12.8 Å². The number of rotatable bonds is 11. The Labute approximate surface area is 200 Å². The molecule has 0 aliphatic rings. The van der Waals surface area contributed by atoms with Crippen LogP contribution in [-0.4, -0.2) is 10.2 Å². The van der Waals surface area contributed by atoms with Crippen molar-refractivity contribution in [2.45, 2.75) is 86.0 Å². The van der Waals surface area contributed by atoms with Crippen LogP contribution in [0.3, 0.4) is 0 Å². The van der Waals surface area contributed by atoms with Crippen molar-refractivity contribution in [2.75, 3.05) is 0 Å². The molecular weight excluding hydrogens is 404 g/mol. The lowest BCUT2D eigenvalue weighted by Crippen LogP contribution is -1.98. The van der Waals surface area contributed by atoms with Gasteiger partial charge in [0.2, 0.25) is 0 Å². The molecule has 0 aliphatic heterocycles. The van der Waals surface area contributed by atoms with E-state index in [2.05, 4.69) is 58.9 Å². The van der Waals surface area contributed by atoms with Crippen molar-refractivity contribution in [1.29, 1.82) is 0 Å². The van der Waals surface area contributed by atoms with E-state index in [0.29, 0.717) is 0 Å². The third kappa shape index (κ3) is 6.76. The molecule has 0 aromatic heterocycles. The number of hydrogen-bond donors (Lipinski definition) is 2. The summed E-state index contributed by atoms with van der Waals surface area (Å²) in [5.41, 5.74) is 3.72. The van der Waals surface area contributed by atoms with E-state index in [1.165, 1.54) is 42.4 Å². The summed E-state index contributed by atoms with van der Waals surface area (Å²) in [6.07, 6.45) is 11.5. The summed E-state index contributed by atoms with van der Waals surface area (Å²) in [5.74, 6) is 2.10. The Balaban J connectivity index is 1.74. The predicted octanol–water partition coefficient (Wildman–Crippen LogP) is 9.09. The third-order valence-electron chi connectivity index (χ3n) is 6.81. The first-order chi connectivity index (χ1) is 15.8. The Morgan fingerprint density at radius 2 is 1.27 bits per heavy atom. The highest BCUT2D eigenvalue weighted by atomic mass is 16.3. The molecule has 0 fully saturated rings. The van der Waals surface area contributed by atoms with Gasteiger partial charge in [0.25, 0.3) is 0 Å². The molecule has 2 nitrogen and oxygen atoms in total. The quantitative estimate of drug-likeness (QED) is 0.175. The summed E-state index contributed by atoms with van der Waals surface area (Å²) < 4.78 is 0. The lowest BCUT2D eigenvalue weighted by atomic mass is 9.93. The van der Waals surface area contributed by atoms with Crippen molar-refractivity contribution in [3.8, 4) is 11.5 Å². The molecule has 2 N–H and O–H groups in total. The van der Waals surface area contributed by atoms with Gasteiger partial charge < -0.3 is 10.2 Å². The molecule has 0 spiro atoms. The van der Waals surface area contributed by atoms with E-state index in [4.69, 9.17) is 0 Å². The van der Waals surface area contributed by atoms with Crippen molar-refractivity contribution >= 4 is 21.5 Å². The second kappa shape index (κ2) is 11.6. The number of fused-ring (bicyclic) bond motifs is 2. The van der Waals surface area contributed by atoms with Crippen molar-refractivity contribution in [3.63, 3.8) is 0 Å². The summed E-state index contributed by atoms with van der Waals surface area (Å²) >= 11 is 0. The minimum absolute atomic E-state index is 0.271. The van der Waals surface area contributed by atoms with E-state index >= 15 is 0 Å². The van der Waals surface area contributed by atoms with Crippen LogP contribution < -0.4 is 0 Å². The van der Waals surface area contributed by atoms with Gasteiger partial charge in [0.1, 0.15) is 11.5 Å². The molecule has 178 valence electrons. The van der Waals surface area contributed by atoms with E-state index in [1.54, 1.807) is 0 Å². The number of hydrogen-bond acceptors (Lipinski definition) is 2. The molecule has 2 heteroatoms. The van der Waals surface area contributed by atoms with Gasteiger partial charge in [-0.1, -0.05) is 82.4 Å². The van der Waals surface area contributed by atoms with Crippen LogP contribution in [0.25, 0.3) is 21.5 Å². The van der Waals surface area contributed by atoms with Gasteiger partial charge in [0.05, 0.1) is 0 Å². The Kier molecular flexibility index (Phi) is 8.83. The van der Waals surface area contributed by atoms with Crippen LogP contribution in [0.4, 0.5) is 0 Å². The van der Waals surface area contributed by atoms with Gasteiger partial charge in [0, 0.05) is 21.5 Å². The fourth-order valence-corrected chi connectivity index (χ4v) is 4.79. The maximum absolute atomic E-state index is 11.0. The normalized spacial score (nSPS) is 12.5. The maximum Gasteiger partial charge on any atom is 0.131 e. The molecule has 1 atom stereocenters. The van der Waals surface area contributed by atoms with Gasteiger partial charge in [0.15, 0.2) is 0 Å². The van der Waals surface area contributed by atoms with Gasteiger partial charge >= 0.3 is 0 Å². The lowest BCUT2D eigenvalue weighted by molar-refractivity contribution is 0.427. The summed E-state index contributed by atoms with van der Waals surface area (Å²) in [7, 11) is 0. The summed E-state index contributed by atoms with van der Waals surface area (Å²) in [5, 5.41) is 25.0. The van der Waals surface area contributed by atoms with Crippen LogP contribution in [0.5, 0.6) is 11.5 Å². The Morgan fingerprint density at radius 3 is 1.82 bits per heavy atom. The van der Waals surface area contributed by atoms with Gasteiger partial charge in [-0.05, 0) is 74.6 Å². The molecule has 0 saturated heterocycles. The van der Waals surface area contributed by atoms with Crippen molar-refractivity contribution in [3.05, 3.63) is 59.2 Å². The topological polar surface area (TPSA) is 40.5 Å².